The van der Waals surface area contributed by atoms with Crippen LogP contribution in [0.1, 0.15) is 59.4 Å². The number of hydrogen-bond donors (Lipinski definition) is 1. The van der Waals surface area contributed by atoms with Gasteiger partial charge in [-0.25, -0.2) is 0 Å². The molecule has 0 aromatic heterocycles. The summed E-state index contributed by atoms with van der Waals surface area (Å²) in [6.45, 7) is 15.6. The molecule has 1 aliphatic heterocycles. The molecule has 0 radical (unpaired) electrons. The molecular weight excluding hydrogens is 467 g/mol. The molecule has 1 aliphatic rings. The summed E-state index contributed by atoms with van der Waals surface area (Å²) in [5.74, 6) is 1.29. The molecule has 1 amide bonds. The van der Waals surface area contributed by atoms with Crippen LogP contribution in [0.15, 0.2) is 36.4 Å². The first-order valence-corrected chi connectivity index (χ1v) is 12.6. The summed E-state index contributed by atoms with van der Waals surface area (Å²) in [7, 11) is 0. The number of alkyl halides is 3. The zero-order valence-electron chi connectivity index (χ0n) is 21.9. The van der Waals surface area contributed by atoms with Crippen molar-refractivity contribution in [3.8, 4) is 5.75 Å². The summed E-state index contributed by atoms with van der Waals surface area (Å²) in [6, 6.07) is 8.80. The summed E-state index contributed by atoms with van der Waals surface area (Å²) < 4.78 is 44.4. The lowest BCUT2D eigenvalue weighted by atomic mass is 9.96. The Labute approximate surface area is 212 Å². The Kier molecular flexibility index (Phi) is 9.41. The van der Waals surface area contributed by atoms with Crippen molar-refractivity contribution in [2.24, 2.45) is 5.92 Å². The van der Waals surface area contributed by atoms with E-state index in [1.807, 2.05) is 6.07 Å². The van der Waals surface area contributed by atoms with Crippen LogP contribution in [0.5, 0.6) is 5.75 Å². The van der Waals surface area contributed by atoms with Crippen LogP contribution in [-0.4, -0.2) is 61.6 Å². The van der Waals surface area contributed by atoms with Crippen molar-refractivity contribution >= 4 is 5.91 Å². The molecule has 0 bridgehead atoms. The Morgan fingerprint density at radius 1 is 0.972 bits per heavy atom. The van der Waals surface area contributed by atoms with E-state index in [-0.39, 0.29) is 17.5 Å². The number of carbonyl (C=O) groups is 1. The molecule has 5 nitrogen and oxygen atoms in total. The van der Waals surface area contributed by atoms with Gasteiger partial charge in [0.15, 0.2) is 0 Å². The molecular formula is C28H38F3N3O2. The zero-order valence-corrected chi connectivity index (χ0v) is 21.9. The monoisotopic (exact) mass is 505 g/mol. The summed E-state index contributed by atoms with van der Waals surface area (Å²) in [6.07, 6.45) is -4.41. The summed E-state index contributed by atoms with van der Waals surface area (Å²) in [5, 5.41) is 3.39. The van der Waals surface area contributed by atoms with Crippen molar-refractivity contribution in [1.29, 1.82) is 0 Å². The Morgan fingerprint density at radius 2 is 1.61 bits per heavy atom. The van der Waals surface area contributed by atoms with E-state index in [0.29, 0.717) is 38.7 Å². The maximum atomic E-state index is 12.8. The molecule has 0 saturated carbocycles. The van der Waals surface area contributed by atoms with Crippen LogP contribution in [0.25, 0.3) is 0 Å². The van der Waals surface area contributed by atoms with E-state index in [9.17, 15) is 18.0 Å². The average Bonchev–Trinajstić information content (AvgIpc) is 2.85. The fourth-order valence-electron chi connectivity index (χ4n) is 4.54. The second-order valence-electron chi connectivity index (χ2n) is 9.93. The van der Waals surface area contributed by atoms with Crippen molar-refractivity contribution in [3.63, 3.8) is 0 Å². The highest BCUT2D eigenvalue weighted by molar-refractivity contribution is 5.94. The minimum atomic E-state index is -4.41. The lowest BCUT2D eigenvalue weighted by molar-refractivity contribution is -0.137. The van der Waals surface area contributed by atoms with Crippen molar-refractivity contribution in [3.05, 3.63) is 64.2 Å². The molecule has 1 fully saturated rings. The first-order valence-electron chi connectivity index (χ1n) is 12.6. The molecule has 8 heteroatoms. The van der Waals surface area contributed by atoms with Gasteiger partial charge in [0.1, 0.15) is 12.4 Å². The number of benzene rings is 2. The van der Waals surface area contributed by atoms with Crippen LogP contribution in [0, 0.1) is 19.8 Å². The lowest BCUT2D eigenvalue weighted by Crippen LogP contribution is -2.49. The molecule has 0 aliphatic carbocycles. The summed E-state index contributed by atoms with van der Waals surface area (Å²) >= 11 is 0. The van der Waals surface area contributed by atoms with Gasteiger partial charge >= 0.3 is 6.18 Å². The lowest BCUT2D eigenvalue weighted by Gasteiger charge is -2.39. The molecule has 1 unspecified atom stereocenters. The third-order valence-corrected chi connectivity index (χ3v) is 6.93. The summed E-state index contributed by atoms with van der Waals surface area (Å²) in [4.78, 5) is 16.9. The van der Waals surface area contributed by atoms with E-state index in [0.717, 1.165) is 36.5 Å². The van der Waals surface area contributed by atoms with Gasteiger partial charge in [-0.3, -0.25) is 9.69 Å². The number of amides is 1. The number of halogens is 3. The van der Waals surface area contributed by atoms with Gasteiger partial charge in [0.25, 0.3) is 5.91 Å². The predicted molar refractivity (Wildman–Crippen MR) is 136 cm³/mol. The first-order chi connectivity index (χ1) is 17.0. The number of nitrogens with zero attached hydrogens (tertiary/aromatic N) is 2. The van der Waals surface area contributed by atoms with Gasteiger partial charge in [-0.2, -0.15) is 13.2 Å². The van der Waals surface area contributed by atoms with Crippen molar-refractivity contribution in [1.82, 2.24) is 15.1 Å². The van der Waals surface area contributed by atoms with Gasteiger partial charge in [0, 0.05) is 44.3 Å². The largest absolute Gasteiger partial charge is 0.492 e. The van der Waals surface area contributed by atoms with Gasteiger partial charge in [0.05, 0.1) is 5.56 Å². The highest BCUT2D eigenvalue weighted by Crippen LogP contribution is 2.32. The number of hydrogen-bond acceptors (Lipinski definition) is 4. The van der Waals surface area contributed by atoms with Gasteiger partial charge in [-0.15, -0.1) is 0 Å². The maximum Gasteiger partial charge on any atom is 0.416 e. The van der Waals surface area contributed by atoms with Crippen molar-refractivity contribution in [2.45, 2.75) is 46.8 Å². The standard InChI is InChI=1S/C28H38F3N3O2/c1-19(2)18-32-12-17-36-26-11-10-25(20(3)21(26)4)22(5)33-13-15-34(16-14-33)27(35)23-6-8-24(9-7-23)28(29,30)31/h6-11,19,22,32H,12-18H2,1-5H3. The third-order valence-electron chi connectivity index (χ3n) is 6.93. The molecule has 1 saturated heterocycles. The molecule has 3 rings (SSSR count). The third kappa shape index (κ3) is 7.01. The van der Waals surface area contributed by atoms with Gasteiger partial charge in [-0.05, 0) is 80.3 Å². The Bertz CT molecular complexity index is 1010. The Hall–Kier alpha value is -2.58. The predicted octanol–water partition coefficient (Wildman–Crippen LogP) is 5.47. The van der Waals surface area contributed by atoms with Crippen LogP contribution >= 0.6 is 0 Å². The molecule has 198 valence electrons. The number of carbonyl (C=O) groups excluding carboxylic acids is 1. The highest BCUT2D eigenvalue weighted by Gasteiger charge is 2.31. The van der Waals surface area contributed by atoms with Gasteiger partial charge in [-0.1, -0.05) is 19.9 Å². The second-order valence-corrected chi connectivity index (χ2v) is 9.93. The Balaban J connectivity index is 1.55. The van der Waals surface area contributed by atoms with E-state index in [2.05, 4.69) is 50.9 Å². The fourth-order valence-corrected chi connectivity index (χ4v) is 4.54. The normalized spacial score (nSPS) is 15.9. The zero-order chi connectivity index (χ0) is 26.5. The number of ether oxygens (including phenoxy) is 1. The first kappa shape index (κ1) is 28.0. The fraction of sp³-hybridized carbons (Fsp3) is 0.536. The van der Waals surface area contributed by atoms with E-state index in [1.54, 1.807) is 4.90 Å². The highest BCUT2D eigenvalue weighted by atomic mass is 19.4. The van der Waals surface area contributed by atoms with E-state index >= 15 is 0 Å². The van der Waals surface area contributed by atoms with Crippen LogP contribution < -0.4 is 10.1 Å². The minimum absolute atomic E-state index is 0.175. The molecule has 2 aromatic carbocycles. The molecule has 36 heavy (non-hydrogen) atoms. The van der Waals surface area contributed by atoms with E-state index in [4.69, 9.17) is 4.74 Å². The van der Waals surface area contributed by atoms with Crippen molar-refractivity contribution < 1.29 is 22.7 Å². The van der Waals surface area contributed by atoms with Crippen molar-refractivity contribution in [2.75, 3.05) is 45.9 Å². The number of piperazine rings is 1. The van der Waals surface area contributed by atoms with Crippen LogP contribution in [0.3, 0.4) is 0 Å². The number of nitrogens with one attached hydrogen (secondary N) is 1. The molecule has 0 spiro atoms. The minimum Gasteiger partial charge on any atom is -0.492 e. The smallest absolute Gasteiger partial charge is 0.416 e. The SMILES string of the molecule is Cc1c(OCCNCC(C)C)ccc(C(C)N2CCN(C(=O)c3ccc(C(F)(F)F)cc3)CC2)c1C. The quantitative estimate of drug-likeness (QED) is 0.460. The second kappa shape index (κ2) is 12.1. The molecule has 1 atom stereocenters. The van der Waals surface area contributed by atoms with Gasteiger partial charge in [0.2, 0.25) is 0 Å². The van der Waals surface area contributed by atoms with E-state index in [1.165, 1.54) is 23.3 Å². The van der Waals surface area contributed by atoms with Crippen LogP contribution in [0.2, 0.25) is 0 Å². The maximum absolute atomic E-state index is 12.8. The number of rotatable bonds is 9. The average molecular weight is 506 g/mol. The molecule has 1 heterocycles. The Morgan fingerprint density at radius 3 is 2.19 bits per heavy atom. The molecule has 2 aromatic rings. The van der Waals surface area contributed by atoms with Crippen LogP contribution in [-0.2, 0) is 6.18 Å². The van der Waals surface area contributed by atoms with E-state index < -0.39 is 11.7 Å². The molecule has 1 N–H and O–H groups in total. The van der Waals surface area contributed by atoms with Crippen LogP contribution in [0.4, 0.5) is 13.2 Å². The topological polar surface area (TPSA) is 44.8 Å². The van der Waals surface area contributed by atoms with Gasteiger partial charge < -0.3 is 15.0 Å². The summed E-state index contributed by atoms with van der Waals surface area (Å²) in [5.41, 5.74) is 3.12.